The Morgan fingerprint density at radius 1 is 1.62 bits per heavy atom. The van der Waals surface area contributed by atoms with Crippen LogP contribution in [0.2, 0.25) is 0 Å². The van der Waals surface area contributed by atoms with E-state index in [2.05, 4.69) is 31.0 Å². The molecule has 0 aliphatic carbocycles. The first-order valence-corrected chi connectivity index (χ1v) is 4.56. The van der Waals surface area contributed by atoms with E-state index >= 15 is 0 Å². The molecule has 0 saturated carbocycles. The summed E-state index contributed by atoms with van der Waals surface area (Å²) in [5.74, 6) is 0.493. The lowest BCUT2D eigenvalue weighted by Gasteiger charge is -2.10. The summed E-state index contributed by atoms with van der Waals surface area (Å²) in [5, 5.41) is 0. The highest BCUT2D eigenvalue weighted by molar-refractivity contribution is 5.66. The number of nitrogens with zero attached hydrogens (tertiary/aromatic N) is 1. The lowest BCUT2D eigenvalue weighted by atomic mass is 9.96. The summed E-state index contributed by atoms with van der Waals surface area (Å²) in [6, 6.07) is 4.01. The van der Waals surface area contributed by atoms with Crippen LogP contribution in [0.25, 0.3) is 5.57 Å². The molecule has 1 heterocycles. The standard InChI is InChI=1S/C11H16N2/c1-9(2)11(5-6-12)10-4-3-7-13-8-10/h3-5,7-9H,6,12H2,1-2H3/b11-5-. The summed E-state index contributed by atoms with van der Waals surface area (Å²) in [5.41, 5.74) is 7.95. The van der Waals surface area contributed by atoms with Crippen LogP contribution >= 0.6 is 0 Å². The zero-order valence-electron chi connectivity index (χ0n) is 8.20. The molecule has 2 nitrogen and oxygen atoms in total. The highest BCUT2D eigenvalue weighted by Gasteiger charge is 2.04. The maximum Gasteiger partial charge on any atom is 0.0343 e. The Labute approximate surface area is 79.5 Å². The second kappa shape index (κ2) is 4.77. The molecular weight excluding hydrogens is 160 g/mol. The van der Waals surface area contributed by atoms with Crippen LogP contribution in [0.3, 0.4) is 0 Å². The van der Waals surface area contributed by atoms with Gasteiger partial charge in [0.2, 0.25) is 0 Å². The zero-order chi connectivity index (χ0) is 9.68. The van der Waals surface area contributed by atoms with Crippen LogP contribution in [0.15, 0.2) is 30.6 Å². The van der Waals surface area contributed by atoms with Crippen LogP contribution in [0.4, 0.5) is 0 Å². The molecule has 0 spiro atoms. The molecule has 0 atom stereocenters. The normalized spacial score (nSPS) is 12.2. The molecule has 0 aliphatic rings. The van der Waals surface area contributed by atoms with Crippen LogP contribution in [0.5, 0.6) is 0 Å². The molecule has 0 amide bonds. The number of aromatic nitrogens is 1. The van der Waals surface area contributed by atoms with Crippen molar-refractivity contribution in [2.24, 2.45) is 11.7 Å². The quantitative estimate of drug-likeness (QED) is 0.765. The summed E-state index contributed by atoms with van der Waals surface area (Å²) in [6.07, 6.45) is 5.72. The molecule has 70 valence electrons. The van der Waals surface area contributed by atoms with Gasteiger partial charge in [0.05, 0.1) is 0 Å². The highest BCUT2D eigenvalue weighted by Crippen LogP contribution is 2.21. The van der Waals surface area contributed by atoms with E-state index in [1.165, 1.54) is 11.1 Å². The van der Waals surface area contributed by atoms with Gasteiger partial charge in [-0.2, -0.15) is 0 Å². The fourth-order valence-electron chi connectivity index (χ4n) is 1.35. The van der Waals surface area contributed by atoms with Crippen LogP contribution in [0.1, 0.15) is 19.4 Å². The fourth-order valence-corrected chi connectivity index (χ4v) is 1.35. The average molecular weight is 176 g/mol. The van der Waals surface area contributed by atoms with Gasteiger partial charge in [0.15, 0.2) is 0 Å². The van der Waals surface area contributed by atoms with E-state index in [0.717, 1.165) is 0 Å². The Bertz CT molecular complexity index is 275. The second-order valence-corrected chi connectivity index (χ2v) is 3.29. The van der Waals surface area contributed by atoms with Gasteiger partial charge in [0.1, 0.15) is 0 Å². The van der Waals surface area contributed by atoms with Crippen molar-refractivity contribution in [1.82, 2.24) is 4.98 Å². The van der Waals surface area contributed by atoms with Gasteiger partial charge >= 0.3 is 0 Å². The number of allylic oxidation sites excluding steroid dienone is 1. The van der Waals surface area contributed by atoms with Gasteiger partial charge in [-0.25, -0.2) is 0 Å². The van der Waals surface area contributed by atoms with E-state index in [9.17, 15) is 0 Å². The Morgan fingerprint density at radius 3 is 2.85 bits per heavy atom. The topological polar surface area (TPSA) is 38.9 Å². The molecule has 0 bridgehead atoms. The van der Waals surface area contributed by atoms with Crippen LogP contribution in [-0.2, 0) is 0 Å². The molecule has 0 unspecified atom stereocenters. The van der Waals surface area contributed by atoms with Gasteiger partial charge in [0, 0.05) is 18.9 Å². The molecular formula is C11H16N2. The summed E-state index contributed by atoms with van der Waals surface area (Å²) in [6.45, 7) is 4.91. The molecule has 0 aliphatic heterocycles. The highest BCUT2D eigenvalue weighted by atomic mass is 14.6. The fraction of sp³-hybridized carbons (Fsp3) is 0.364. The molecule has 1 aromatic heterocycles. The lowest BCUT2D eigenvalue weighted by molar-refractivity contribution is 0.850. The minimum absolute atomic E-state index is 0.493. The number of pyridine rings is 1. The lowest BCUT2D eigenvalue weighted by Crippen LogP contribution is -2.00. The van der Waals surface area contributed by atoms with Crippen molar-refractivity contribution in [1.29, 1.82) is 0 Å². The third-order valence-electron chi connectivity index (χ3n) is 1.95. The SMILES string of the molecule is CC(C)/C(=C/CN)c1cccnc1. The summed E-state index contributed by atoms with van der Waals surface area (Å²) < 4.78 is 0. The van der Waals surface area contributed by atoms with Crippen molar-refractivity contribution in [3.8, 4) is 0 Å². The van der Waals surface area contributed by atoms with Crippen molar-refractivity contribution in [3.63, 3.8) is 0 Å². The Balaban J connectivity index is 2.96. The number of hydrogen-bond donors (Lipinski definition) is 1. The van der Waals surface area contributed by atoms with E-state index in [-0.39, 0.29) is 0 Å². The van der Waals surface area contributed by atoms with Gasteiger partial charge in [-0.05, 0) is 23.1 Å². The van der Waals surface area contributed by atoms with Gasteiger partial charge in [-0.1, -0.05) is 26.0 Å². The molecule has 0 saturated heterocycles. The predicted molar refractivity (Wildman–Crippen MR) is 56.1 cm³/mol. The predicted octanol–water partition coefficient (Wildman–Crippen LogP) is 2.08. The number of hydrogen-bond acceptors (Lipinski definition) is 2. The largest absolute Gasteiger partial charge is 0.327 e. The van der Waals surface area contributed by atoms with E-state index < -0.39 is 0 Å². The van der Waals surface area contributed by atoms with Crippen molar-refractivity contribution in [3.05, 3.63) is 36.2 Å². The van der Waals surface area contributed by atoms with Crippen molar-refractivity contribution in [2.45, 2.75) is 13.8 Å². The Kier molecular flexibility index (Phi) is 3.65. The number of rotatable bonds is 3. The summed E-state index contributed by atoms with van der Waals surface area (Å²) in [4.78, 5) is 4.09. The second-order valence-electron chi connectivity index (χ2n) is 3.29. The van der Waals surface area contributed by atoms with E-state index in [0.29, 0.717) is 12.5 Å². The van der Waals surface area contributed by atoms with E-state index in [1.54, 1.807) is 6.20 Å². The first kappa shape index (κ1) is 9.93. The minimum atomic E-state index is 0.493. The smallest absolute Gasteiger partial charge is 0.0343 e. The summed E-state index contributed by atoms with van der Waals surface area (Å²) >= 11 is 0. The molecule has 13 heavy (non-hydrogen) atoms. The molecule has 1 aromatic rings. The van der Waals surface area contributed by atoms with Crippen LogP contribution < -0.4 is 5.73 Å². The van der Waals surface area contributed by atoms with Crippen LogP contribution in [-0.4, -0.2) is 11.5 Å². The van der Waals surface area contributed by atoms with Gasteiger partial charge in [-0.3, -0.25) is 4.98 Å². The maximum atomic E-state index is 5.51. The number of nitrogens with two attached hydrogens (primary N) is 1. The molecule has 0 radical (unpaired) electrons. The van der Waals surface area contributed by atoms with E-state index in [4.69, 9.17) is 5.73 Å². The van der Waals surface area contributed by atoms with Gasteiger partial charge in [0.25, 0.3) is 0 Å². The molecule has 2 heteroatoms. The zero-order valence-corrected chi connectivity index (χ0v) is 8.20. The third kappa shape index (κ3) is 2.67. The van der Waals surface area contributed by atoms with Gasteiger partial charge in [-0.15, -0.1) is 0 Å². The average Bonchev–Trinajstić information content (AvgIpc) is 2.15. The first-order chi connectivity index (χ1) is 6.25. The summed E-state index contributed by atoms with van der Waals surface area (Å²) in [7, 11) is 0. The van der Waals surface area contributed by atoms with Crippen LogP contribution in [0, 0.1) is 5.92 Å². The van der Waals surface area contributed by atoms with E-state index in [1.807, 2.05) is 12.3 Å². The third-order valence-corrected chi connectivity index (χ3v) is 1.95. The van der Waals surface area contributed by atoms with Crippen molar-refractivity contribution in [2.75, 3.05) is 6.54 Å². The Hall–Kier alpha value is -1.15. The molecule has 0 fully saturated rings. The molecule has 0 aromatic carbocycles. The van der Waals surface area contributed by atoms with Crippen molar-refractivity contribution >= 4 is 5.57 Å². The minimum Gasteiger partial charge on any atom is -0.327 e. The Morgan fingerprint density at radius 2 is 2.38 bits per heavy atom. The first-order valence-electron chi connectivity index (χ1n) is 4.56. The molecule has 1 rings (SSSR count). The molecule has 2 N–H and O–H groups in total. The monoisotopic (exact) mass is 176 g/mol. The maximum absolute atomic E-state index is 5.51. The van der Waals surface area contributed by atoms with Crippen molar-refractivity contribution < 1.29 is 0 Å². The van der Waals surface area contributed by atoms with Gasteiger partial charge < -0.3 is 5.73 Å².